The van der Waals surface area contributed by atoms with Gasteiger partial charge in [0.25, 0.3) is 5.56 Å². The zero-order valence-corrected chi connectivity index (χ0v) is 14.1. The Hall–Kier alpha value is -3.15. The molecule has 128 valence electrons. The van der Waals surface area contributed by atoms with Crippen molar-refractivity contribution in [2.45, 2.75) is 26.8 Å². The number of fused-ring (bicyclic) bond motifs is 1. The fourth-order valence-electron chi connectivity index (χ4n) is 2.95. The number of hydrogen-bond donors (Lipinski definition) is 2. The summed E-state index contributed by atoms with van der Waals surface area (Å²) in [6.07, 6.45) is 0.128. The average molecular weight is 337 g/mol. The van der Waals surface area contributed by atoms with Crippen molar-refractivity contribution in [1.29, 1.82) is 0 Å². The van der Waals surface area contributed by atoms with Crippen molar-refractivity contribution in [2.75, 3.05) is 5.32 Å². The van der Waals surface area contributed by atoms with E-state index in [-0.39, 0.29) is 18.9 Å². The molecule has 6 heteroatoms. The fraction of sp³-hybridized carbons (Fsp3) is 0.211. The maximum Gasteiger partial charge on any atom is 0.328 e. The number of amides is 1. The maximum absolute atomic E-state index is 12.2. The Labute approximate surface area is 144 Å². The summed E-state index contributed by atoms with van der Waals surface area (Å²) in [5, 5.41) is 3.27. The van der Waals surface area contributed by atoms with Crippen LogP contribution in [0.25, 0.3) is 10.9 Å². The van der Waals surface area contributed by atoms with E-state index in [1.807, 2.05) is 32.0 Å². The minimum absolute atomic E-state index is 0.128. The third-order valence-corrected chi connectivity index (χ3v) is 3.97. The van der Waals surface area contributed by atoms with Gasteiger partial charge in [0.15, 0.2) is 0 Å². The molecule has 0 unspecified atom stereocenters. The lowest BCUT2D eigenvalue weighted by Crippen LogP contribution is -2.31. The van der Waals surface area contributed by atoms with E-state index in [1.165, 1.54) is 4.57 Å². The molecule has 0 radical (unpaired) electrons. The number of H-pyrrole nitrogens is 1. The van der Waals surface area contributed by atoms with Crippen LogP contribution in [0, 0.1) is 13.8 Å². The summed E-state index contributed by atoms with van der Waals surface area (Å²) >= 11 is 0. The van der Waals surface area contributed by atoms with E-state index in [1.54, 1.807) is 24.3 Å². The second-order valence-corrected chi connectivity index (χ2v) is 6.10. The van der Waals surface area contributed by atoms with Crippen LogP contribution in [0.5, 0.6) is 0 Å². The Kier molecular flexibility index (Phi) is 4.52. The SMILES string of the molecule is Cc1cc(C)cc(NC(=O)CCn2c(=O)[nH]c(=O)c3ccccc32)c1. The summed E-state index contributed by atoms with van der Waals surface area (Å²) in [7, 11) is 0. The smallest absolute Gasteiger partial charge is 0.326 e. The molecule has 3 aromatic rings. The molecule has 0 aliphatic heterocycles. The van der Waals surface area contributed by atoms with Crippen molar-refractivity contribution >= 4 is 22.5 Å². The van der Waals surface area contributed by atoms with E-state index < -0.39 is 11.2 Å². The van der Waals surface area contributed by atoms with Gasteiger partial charge in [-0.1, -0.05) is 18.2 Å². The van der Waals surface area contributed by atoms with Crippen molar-refractivity contribution in [3.05, 3.63) is 74.4 Å². The molecule has 2 aromatic carbocycles. The molecule has 0 saturated carbocycles. The van der Waals surface area contributed by atoms with E-state index in [9.17, 15) is 14.4 Å². The van der Waals surface area contributed by atoms with Gasteiger partial charge in [0, 0.05) is 18.7 Å². The number of aromatic nitrogens is 2. The molecule has 2 N–H and O–H groups in total. The number of carbonyl (C=O) groups excluding carboxylic acids is 1. The fourth-order valence-corrected chi connectivity index (χ4v) is 2.95. The van der Waals surface area contributed by atoms with Gasteiger partial charge in [0.2, 0.25) is 5.91 Å². The molecule has 6 nitrogen and oxygen atoms in total. The highest BCUT2D eigenvalue weighted by atomic mass is 16.2. The predicted octanol–water partition coefficient (Wildman–Crippen LogP) is 2.34. The van der Waals surface area contributed by atoms with E-state index >= 15 is 0 Å². The van der Waals surface area contributed by atoms with Gasteiger partial charge in [-0.3, -0.25) is 19.1 Å². The van der Waals surface area contributed by atoms with Gasteiger partial charge in [0.05, 0.1) is 10.9 Å². The molecule has 25 heavy (non-hydrogen) atoms. The number of rotatable bonds is 4. The van der Waals surface area contributed by atoms with Crippen molar-refractivity contribution in [1.82, 2.24) is 9.55 Å². The predicted molar refractivity (Wildman–Crippen MR) is 98.0 cm³/mol. The third kappa shape index (κ3) is 3.68. The van der Waals surface area contributed by atoms with Crippen LogP contribution in [0.4, 0.5) is 5.69 Å². The zero-order chi connectivity index (χ0) is 18.0. The van der Waals surface area contributed by atoms with Crippen molar-refractivity contribution in [3.8, 4) is 0 Å². The number of benzene rings is 2. The molecule has 0 saturated heterocycles. The van der Waals surface area contributed by atoms with Crippen LogP contribution in [-0.4, -0.2) is 15.5 Å². The Morgan fingerprint density at radius 2 is 1.76 bits per heavy atom. The van der Waals surface area contributed by atoms with Crippen LogP contribution in [-0.2, 0) is 11.3 Å². The Morgan fingerprint density at radius 3 is 2.48 bits per heavy atom. The van der Waals surface area contributed by atoms with Gasteiger partial charge in [0.1, 0.15) is 0 Å². The second kappa shape index (κ2) is 6.76. The number of nitrogens with zero attached hydrogens (tertiary/aromatic N) is 1. The number of carbonyl (C=O) groups is 1. The summed E-state index contributed by atoms with van der Waals surface area (Å²) in [5.74, 6) is -0.188. The second-order valence-electron chi connectivity index (χ2n) is 6.10. The van der Waals surface area contributed by atoms with Gasteiger partial charge in [-0.25, -0.2) is 4.79 Å². The van der Waals surface area contributed by atoms with Crippen LogP contribution in [0.1, 0.15) is 17.5 Å². The number of aromatic amines is 1. The first-order valence-corrected chi connectivity index (χ1v) is 8.04. The van der Waals surface area contributed by atoms with Gasteiger partial charge in [-0.05, 0) is 49.2 Å². The monoisotopic (exact) mass is 337 g/mol. The number of nitrogens with one attached hydrogen (secondary N) is 2. The summed E-state index contributed by atoms with van der Waals surface area (Å²) in [5.41, 5.74) is 2.47. The average Bonchev–Trinajstić information content (AvgIpc) is 2.53. The molecule has 1 aromatic heterocycles. The molecule has 0 atom stereocenters. The van der Waals surface area contributed by atoms with Crippen molar-refractivity contribution in [2.24, 2.45) is 0 Å². The number of aryl methyl sites for hydroxylation is 3. The van der Waals surface area contributed by atoms with Crippen LogP contribution in [0.15, 0.2) is 52.1 Å². The topological polar surface area (TPSA) is 84.0 Å². The molecular formula is C19H19N3O3. The minimum Gasteiger partial charge on any atom is -0.326 e. The van der Waals surface area contributed by atoms with E-state index in [0.717, 1.165) is 16.8 Å². The highest BCUT2D eigenvalue weighted by Crippen LogP contribution is 2.14. The minimum atomic E-state index is -0.511. The molecule has 1 amide bonds. The normalized spacial score (nSPS) is 10.8. The standard InChI is InChI=1S/C19H19N3O3/c1-12-9-13(2)11-14(10-12)20-17(23)7-8-22-16-6-4-3-5-15(16)18(24)21-19(22)25/h3-6,9-11H,7-8H2,1-2H3,(H,20,23)(H,21,24,25). The summed E-state index contributed by atoms with van der Waals surface area (Å²) < 4.78 is 1.41. The van der Waals surface area contributed by atoms with Crippen LogP contribution >= 0.6 is 0 Å². The molecule has 0 spiro atoms. The van der Waals surface area contributed by atoms with E-state index in [0.29, 0.717) is 10.9 Å². The lowest BCUT2D eigenvalue weighted by atomic mass is 10.1. The van der Waals surface area contributed by atoms with Crippen LogP contribution < -0.4 is 16.6 Å². The molecular weight excluding hydrogens is 318 g/mol. The Bertz CT molecular complexity index is 1040. The van der Waals surface area contributed by atoms with Gasteiger partial charge < -0.3 is 5.32 Å². The summed E-state index contributed by atoms with van der Waals surface area (Å²) in [6, 6.07) is 12.7. The molecule has 0 fully saturated rings. The maximum atomic E-state index is 12.2. The van der Waals surface area contributed by atoms with Gasteiger partial charge in [-0.15, -0.1) is 0 Å². The highest BCUT2D eigenvalue weighted by molar-refractivity contribution is 5.91. The number of hydrogen-bond acceptors (Lipinski definition) is 3. The lowest BCUT2D eigenvalue weighted by Gasteiger charge is -2.10. The summed E-state index contributed by atoms with van der Waals surface area (Å²) in [6.45, 7) is 4.12. The highest BCUT2D eigenvalue weighted by Gasteiger charge is 2.09. The number of para-hydroxylation sites is 1. The molecule has 0 aliphatic carbocycles. The quantitative estimate of drug-likeness (QED) is 0.766. The van der Waals surface area contributed by atoms with Gasteiger partial charge >= 0.3 is 5.69 Å². The van der Waals surface area contributed by atoms with Crippen LogP contribution in [0.3, 0.4) is 0 Å². The van der Waals surface area contributed by atoms with Gasteiger partial charge in [-0.2, -0.15) is 0 Å². The lowest BCUT2D eigenvalue weighted by molar-refractivity contribution is -0.116. The van der Waals surface area contributed by atoms with Crippen molar-refractivity contribution in [3.63, 3.8) is 0 Å². The van der Waals surface area contributed by atoms with Crippen LogP contribution in [0.2, 0.25) is 0 Å². The van der Waals surface area contributed by atoms with Crippen molar-refractivity contribution < 1.29 is 4.79 Å². The number of anilines is 1. The largest absolute Gasteiger partial charge is 0.328 e. The first-order valence-electron chi connectivity index (χ1n) is 8.04. The first kappa shape index (κ1) is 16.7. The molecule has 3 rings (SSSR count). The molecule has 1 heterocycles. The third-order valence-electron chi connectivity index (χ3n) is 3.97. The van der Waals surface area contributed by atoms with E-state index in [2.05, 4.69) is 10.3 Å². The Balaban J connectivity index is 1.80. The zero-order valence-electron chi connectivity index (χ0n) is 14.1. The molecule has 0 aliphatic rings. The van der Waals surface area contributed by atoms with E-state index in [4.69, 9.17) is 0 Å². The molecule has 0 bridgehead atoms. The summed E-state index contributed by atoms with van der Waals surface area (Å²) in [4.78, 5) is 38.5. The first-order chi connectivity index (χ1) is 11.9. The Morgan fingerprint density at radius 1 is 1.08 bits per heavy atom.